The Morgan fingerprint density at radius 1 is 0.955 bits per heavy atom. The molecule has 0 fully saturated rings. The lowest BCUT2D eigenvalue weighted by Gasteiger charge is -2.13. The van der Waals surface area contributed by atoms with Crippen LogP contribution in [0.5, 0.6) is 0 Å². The van der Waals surface area contributed by atoms with Gasteiger partial charge in [0.2, 0.25) is 0 Å². The standard InChI is InChI=1S/C19H21NO2/c1-14(13-19(21)22-4)15-5-7-16(8-6-15)17-9-11-18(12-10-17)20(2)3/h5-13H,1-4H3/b14-13+. The van der Waals surface area contributed by atoms with Crippen LogP contribution < -0.4 is 4.90 Å². The molecule has 0 amide bonds. The van der Waals surface area contributed by atoms with E-state index in [2.05, 4.69) is 46.0 Å². The molecular formula is C19H21NO2. The Balaban J connectivity index is 2.21. The van der Waals surface area contributed by atoms with Gasteiger partial charge in [-0.1, -0.05) is 36.4 Å². The zero-order chi connectivity index (χ0) is 16.1. The summed E-state index contributed by atoms with van der Waals surface area (Å²) in [7, 11) is 5.44. The molecule has 0 aliphatic heterocycles. The van der Waals surface area contributed by atoms with Gasteiger partial charge in [0.05, 0.1) is 7.11 Å². The average Bonchev–Trinajstić information content (AvgIpc) is 2.55. The van der Waals surface area contributed by atoms with E-state index < -0.39 is 0 Å². The predicted molar refractivity (Wildman–Crippen MR) is 91.9 cm³/mol. The van der Waals surface area contributed by atoms with Crippen molar-refractivity contribution >= 4 is 17.2 Å². The molecule has 2 aromatic carbocycles. The van der Waals surface area contributed by atoms with Crippen molar-refractivity contribution in [1.82, 2.24) is 0 Å². The normalized spacial score (nSPS) is 11.2. The fraction of sp³-hybridized carbons (Fsp3) is 0.211. The van der Waals surface area contributed by atoms with Crippen molar-refractivity contribution in [2.45, 2.75) is 6.92 Å². The Hall–Kier alpha value is -2.55. The van der Waals surface area contributed by atoms with Crippen LogP contribution in [0.4, 0.5) is 5.69 Å². The Morgan fingerprint density at radius 2 is 1.45 bits per heavy atom. The molecule has 0 aliphatic carbocycles. The number of benzene rings is 2. The SMILES string of the molecule is COC(=O)/C=C(\C)c1ccc(-c2ccc(N(C)C)cc2)cc1. The van der Waals surface area contributed by atoms with E-state index in [4.69, 9.17) is 0 Å². The van der Waals surface area contributed by atoms with Gasteiger partial charge in [-0.25, -0.2) is 4.79 Å². The monoisotopic (exact) mass is 295 g/mol. The second-order valence-corrected chi connectivity index (χ2v) is 5.37. The van der Waals surface area contributed by atoms with Crippen LogP contribution in [-0.2, 0) is 9.53 Å². The highest BCUT2D eigenvalue weighted by atomic mass is 16.5. The van der Waals surface area contributed by atoms with Crippen LogP contribution in [0.1, 0.15) is 12.5 Å². The number of methoxy groups -OCH3 is 1. The van der Waals surface area contributed by atoms with Gasteiger partial charge in [0.1, 0.15) is 0 Å². The first-order chi connectivity index (χ1) is 10.5. The molecule has 0 aromatic heterocycles. The van der Waals surface area contributed by atoms with Crippen LogP contribution in [0.25, 0.3) is 16.7 Å². The lowest BCUT2D eigenvalue weighted by molar-refractivity contribution is -0.134. The first-order valence-electron chi connectivity index (χ1n) is 7.15. The third kappa shape index (κ3) is 3.76. The number of carbonyl (C=O) groups is 1. The molecule has 3 heteroatoms. The zero-order valence-corrected chi connectivity index (χ0v) is 13.5. The van der Waals surface area contributed by atoms with E-state index in [0.717, 1.165) is 16.7 Å². The molecule has 3 nitrogen and oxygen atoms in total. The topological polar surface area (TPSA) is 29.5 Å². The molecule has 0 bridgehead atoms. The maximum Gasteiger partial charge on any atom is 0.330 e. The number of allylic oxidation sites excluding steroid dienone is 1. The molecule has 0 saturated carbocycles. The van der Waals surface area contributed by atoms with Crippen molar-refractivity contribution in [3.63, 3.8) is 0 Å². The van der Waals surface area contributed by atoms with Crippen molar-refractivity contribution in [2.75, 3.05) is 26.1 Å². The molecular weight excluding hydrogens is 274 g/mol. The summed E-state index contributed by atoms with van der Waals surface area (Å²) in [4.78, 5) is 13.3. The van der Waals surface area contributed by atoms with Gasteiger partial charge in [0.15, 0.2) is 0 Å². The number of hydrogen-bond acceptors (Lipinski definition) is 3. The van der Waals surface area contributed by atoms with Crippen LogP contribution in [0.2, 0.25) is 0 Å². The number of nitrogens with zero attached hydrogens (tertiary/aromatic N) is 1. The summed E-state index contributed by atoms with van der Waals surface area (Å²) in [6.45, 7) is 1.90. The highest BCUT2D eigenvalue weighted by Crippen LogP contribution is 2.24. The summed E-state index contributed by atoms with van der Waals surface area (Å²) >= 11 is 0. The van der Waals surface area contributed by atoms with Crippen LogP contribution in [0, 0.1) is 0 Å². The summed E-state index contributed by atoms with van der Waals surface area (Å²) < 4.78 is 4.65. The molecule has 0 heterocycles. The van der Waals surface area contributed by atoms with Crippen molar-refractivity contribution in [1.29, 1.82) is 0 Å². The van der Waals surface area contributed by atoms with Crippen molar-refractivity contribution in [3.8, 4) is 11.1 Å². The lowest BCUT2D eigenvalue weighted by atomic mass is 10.0. The highest BCUT2D eigenvalue weighted by Gasteiger charge is 2.03. The van der Waals surface area contributed by atoms with E-state index in [0.29, 0.717) is 0 Å². The van der Waals surface area contributed by atoms with Crippen molar-refractivity contribution < 1.29 is 9.53 Å². The summed E-state index contributed by atoms with van der Waals surface area (Å²) in [5.74, 6) is -0.333. The minimum absolute atomic E-state index is 0.333. The molecule has 2 aromatic rings. The molecule has 114 valence electrons. The first kappa shape index (κ1) is 15.8. The lowest BCUT2D eigenvalue weighted by Crippen LogP contribution is -2.07. The molecule has 2 rings (SSSR count). The molecule has 0 atom stereocenters. The van der Waals surface area contributed by atoms with E-state index >= 15 is 0 Å². The second kappa shape index (κ2) is 6.94. The molecule has 0 N–H and O–H groups in total. The van der Waals surface area contributed by atoms with Gasteiger partial charge in [-0.3, -0.25) is 0 Å². The zero-order valence-electron chi connectivity index (χ0n) is 13.5. The average molecular weight is 295 g/mol. The summed E-state index contributed by atoms with van der Waals surface area (Å²) in [5.41, 5.74) is 5.41. The summed E-state index contributed by atoms with van der Waals surface area (Å²) in [6, 6.07) is 16.6. The third-order valence-electron chi connectivity index (χ3n) is 3.59. The largest absolute Gasteiger partial charge is 0.466 e. The van der Waals surface area contributed by atoms with Gasteiger partial charge in [-0.15, -0.1) is 0 Å². The maximum absolute atomic E-state index is 11.3. The van der Waals surface area contributed by atoms with E-state index in [-0.39, 0.29) is 5.97 Å². The predicted octanol–water partition coefficient (Wildman–Crippen LogP) is 4.00. The molecule has 0 radical (unpaired) electrons. The Bertz CT molecular complexity index is 668. The van der Waals surface area contributed by atoms with Crippen LogP contribution >= 0.6 is 0 Å². The smallest absolute Gasteiger partial charge is 0.330 e. The quantitative estimate of drug-likeness (QED) is 0.631. The fourth-order valence-corrected chi connectivity index (χ4v) is 2.20. The fourth-order valence-electron chi connectivity index (χ4n) is 2.20. The number of anilines is 1. The van der Waals surface area contributed by atoms with Crippen LogP contribution in [-0.4, -0.2) is 27.2 Å². The van der Waals surface area contributed by atoms with Gasteiger partial charge in [-0.2, -0.15) is 0 Å². The van der Waals surface area contributed by atoms with Crippen LogP contribution in [0.15, 0.2) is 54.6 Å². The molecule has 0 unspecified atom stereocenters. The molecule has 22 heavy (non-hydrogen) atoms. The first-order valence-corrected chi connectivity index (χ1v) is 7.15. The number of carbonyl (C=O) groups excluding carboxylic acids is 1. The van der Waals surface area contributed by atoms with E-state index in [9.17, 15) is 4.79 Å². The molecule has 0 aliphatic rings. The third-order valence-corrected chi connectivity index (χ3v) is 3.59. The molecule has 0 spiro atoms. The van der Waals surface area contributed by atoms with Crippen molar-refractivity contribution in [3.05, 3.63) is 60.2 Å². The minimum atomic E-state index is -0.333. The maximum atomic E-state index is 11.3. The Labute approximate surface area is 131 Å². The number of rotatable bonds is 4. The van der Waals surface area contributed by atoms with Gasteiger partial charge >= 0.3 is 5.97 Å². The Morgan fingerprint density at radius 3 is 1.91 bits per heavy atom. The summed E-state index contributed by atoms with van der Waals surface area (Å²) in [6.07, 6.45) is 1.50. The van der Waals surface area contributed by atoms with Gasteiger partial charge in [0.25, 0.3) is 0 Å². The molecule has 0 saturated heterocycles. The van der Waals surface area contributed by atoms with E-state index in [1.54, 1.807) is 0 Å². The minimum Gasteiger partial charge on any atom is -0.466 e. The van der Waals surface area contributed by atoms with E-state index in [1.165, 1.54) is 24.4 Å². The number of esters is 1. The highest BCUT2D eigenvalue weighted by molar-refractivity contribution is 5.91. The van der Waals surface area contributed by atoms with Crippen LogP contribution in [0.3, 0.4) is 0 Å². The van der Waals surface area contributed by atoms with Gasteiger partial charge < -0.3 is 9.64 Å². The number of hydrogen-bond donors (Lipinski definition) is 0. The number of ether oxygens (including phenoxy) is 1. The van der Waals surface area contributed by atoms with Gasteiger partial charge in [-0.05, 0) is 41.3 Å². The van der Waals surface area contributed by atoms with Crippen molar-refractivity contribution in [2.24, 2.45) is 0 Å². The Kier molecular flexibility index (Phi) is 4.99. The second-order valence-electron chi connectivity index (χ2n) is 5.37. The summed E-state index contributed by atoms with van der Waals surface area (Å²) in [5, 5.41) is 0. The van der Waals surface area contributed by atoms with Gasteiger partial charge in [0, 0.05) is 25.9 Å². The van der Waals surface area contributed by atoms with E-state index in [1.807, 2.05) is 33.2 Å².